The number of amides is 1. The number of benzene rings is 1. The number of nitrogens with zero attached hydrogens (tertiary/aromatic N) is 2. The van der Waals surface area contributed by atoms with Gasteiger partial charge in [0.15, 0.2) is 0 Å². The average molecular weight is 296 g/mol. The monoisotopic (exact) mass is 296 g/mol. The summed E-state index contributed by atoms with van der Waals surface area (Å²) in [5, 5.41) is 0. The third-order valence-corrected chi connectivity index (χ3v) is 2.90. The van der Waals surface area contributed by atoms with Crippen molar-refractivity contribution in [1.82, 2.24) is 9.80 Å². The second-order valence-electron chi connectivity index (χ2n) is 4.82. The maximum absolute atomic E-state index is 13.5. The first kappa shape index (κ1) is 17.1. The number of hydrogen-bond donors (Lipinski definition) is 0. The molecule has 6 heteroatoms. The smallest absolute Gasteiger partial charge is 0.320 e. The lowest BCUT2D eigenvalue weighted by atomic mass is 10.2. The minimum Gasteiger partial charge on any atom is -0.465 e. The molecule has 1 amide bonds. The summed E-state index contributed by atoms with van der Waals surface area (Å²) in [6.07, 6.45) is 0. The van der Waals surface area contributed by atoms with Gasteiger partial charge in [0.05, 0.1) is 19.7 Å². The zero-order chi connectivity index (χ0) is 15.8. The minimum absolute atomic E-state index is 0.0487. The van der Waals surface area contributed by atoms with Crippen LogP contribution in [0, 0.1) is 5.82 Å². The number of carbonyl (C=O) groups excluding carboxylic acids is 2. The molecular formula is C15H21FN2O3. The molecule has 21 heavy (non-hydrogen) atoms. The van der Waals surface area contributed by atoms with Crippen molar-refractivity contribution in [1.29, 1.82) is 0 Å². The van der Waals surface area contributed by atoms with Gasteiger partial charge in [-0.05, 0) is 20.0 Å². The summed E-state index contributed by atoms with van der Waals surface area (Å²) in [7, 11) is 3.26. The summed E-state index contributed by atoms with van der Waals surface area (Å²) >= 11 is 0. The van der Waals surface area contributed by atoms with Crippen LogP contribution >= 0.6 is 0 Å². The van der Waals surface area contributed by atoms with Crippen LogP contribution in [0.15, 0.2) is 24.3 Å². The highest BCUT2D eigenvalue weighted by Gasteiger charge is 2.15. The van der Waals surface area contributed by atoms with Gasteiger partial charge >= 0.3 is 5.97 Å². The standard InChI is InChI=1S/C15H21FN2O3/c1-4-21-15(20)11-17(2)10-14(19)18(3)9-12-7-5-6-8-13(12)16/h5-8H,4,9-11H2,1-3H3. The Morgan fingerprint density at radius 1 is 1.19 bits per heavy atom. The fraction of sp³-hybridized carbons (Fsp3) is 0.467. The quantitative estimate of drug-likeness (QED) is 0.711. The van der Waals surface area contributed by atoms with Crippen molar-refractivity contribution in [3.63, 3.8) is 0 Å². The van der Waals surface area contributed by atoms with Crippen LogP contribution in [-0.4, -0.2) is 55.5 Å². The first-order valence-electron chi connectivity index (χ1n) is 6.75. The van der Waals surface area contributed by atoms with Crippen LogP contribution in [-0.2, 0) is 20.9 Å². The van der Waals surface area contributed by atoms with Gasteiger partial charge in [-0.3, -0.25) is 14.5 Å². The van der Waals surface area contributed by atoms with Crippen LogP contribution in [0.25, 0.3) is 0 Å². The van der Waals surface area contributed by atoms with Crippen molar-refractivity contribution in [2.24, 2.45) is 0 Å². The number of esters is 1. The second kappa shape index (κ2) is 8.36. The van der Waals surface area contributed by atoms with Crippen molar-refractivity contribution in [3.8, 4) is 0 Å². The highest BCUT2D eigenvalue weighted by molar-refractivity contribution is 5.79. The molecule has 0 atom stereocenters. The fourth-order valence-corrected chi connectivity index (χ4v) is 1.80. The van der Waals surface area contributed by atoms with Crippen molar-refractivity contribution in [2.75, 3.05) is 33.8 Å². The molecule has 0 heterocycles. The molecule has 0 aliphatic carbocycles. The van der Waals surface area contributed by atoms with E-state index in [1.54, 1.807) is 44.1 Å². The molecule has 5 nitrogen and oxygen atoms in total. The van der Waals surface area contributed by atoms with Crippen LogP contribution in [0.5, 0.6) is 0 Å². The molecule has 0 bridgehead atoms. The average Bonchev–Trinajstić information content (AvgIpc) is 2.41. The van der Waals surface area contributed by atoms with Gasteiger partial charge in [-0.25, -0.2) is 4.39 Å². The number of rotatable bonds is 7. The molecule has 0 N–H and O–H groups in total. The van der Waals surface area contributed by atoms with Crippen LogP contribution in [0.4, 0.5) is 4.39 Å². The van der Waals surface area contributed by atoms with Gasteiger partial charge in [0.1, 0.15) is 5.82 Å². The number of ether oxygens (including phenoxy) is 1. The molecule has 1 aromatic carbocycles. The first-order valence-corrected chi connectivity index (χ1v) is 6.75. The zero-order valence-corrected chi connectivity index (χ0v) is 12.6. The lowest BCUT2D eigenvalue weighted by molar-refractivity contribution is -0.144. The van der Waals surface area contributed by atoms with Gasteiger partial charge in [0.25, 0.3) is 0 Å². The normalized spacial score (nSPS) is 10.5. The van der Waals surface area contributed by atoms with E-state index in [9.17, 15) is 14.0 Å². The Kier molecular flexibility index (Phi) is 6.81. The molecule has 0 unspecified atom stereocenters. The largest absolute Gasteiger partial charge is 0.465 e. The summed E-state index contributed by atoms with van der Waals surface area (Å²) in [6, 6.07) is 6.33. The Labute approximate surface area is 124 Å². The molecular weight excluding hydrogens is 275 g/mol. The van der Waals surface area contributed by atoms with E-state index in [0.29, 0.717) is 12.2 Å². The lowest BCUT2D eigenvalue weighted by Crippen LogP contribution is -2.38. The Morgan fingerprint density at radius 2 is 1.86 bits per heavy atom. The molecule has 0 radical (unpaired) electrons. The minimum atomic E-state index is -0.371. The summed E-state index contributed by atoms with van der Waals surface area (Å²) in [4.78, 5) is 26.3. The summed E-state index contributed by atoms with van der Waals surface area (Å²) in [5.74, 6) is -0.897. The highest BCUT2D eigenvalue weighted by atomic mass is 19.1. The van der Waals surface area contributed by atoms with E-state index < -0.39 is 0 Å². The van der Waals surface area contributed by atoms with Gasteiger partial charge in [-0.1, -0.05) is 18.2 Å². The molecule has 1 aromatic rings. The van der Waals surface area contributed by atoms with Crippen molar-refractivity contribution in [3.05, 3.63) is 35.6 Å². The van der Waals surface area contributed by atoms with Gasteiger partial charge in [0, 0.05) is 19.2 Å². The lowest BCUT2D eigenvalue weighted by Gasteiger charge is -2.21. The van der Waals surface area contributed by atoms with Crippen LogP contribution in [0.1, 0.15) is 12.5 Å². The van der Waals surface area contributed by atoms with Gasteiger partial charge in [0.2, 0.25) is 5.91 Å². The molecule has 0 saturated carbocycles. The molecule has 0 fully saturated rings. The predicted molar refractivity (Wildman–Crippen MR) is 77.0 cm³/mol. The van der Waals surface area contributed by atoms with Crippen molar-refractivity contribution >= 4 is 11.9 Å². The number of halogens is 1. The maximum Gasteiger partial charge on any atom is 0.320 e. The molecule has 116 valence electrons. The maximum atomic E-state index is 13.5. The Morgan fingerprint density at radius 3 is 2.48 bits per heavy atom. The number of likely N-dealkylation sites (N-methyl/N-ethyl adjacent to an activating group) is 2. The van der Waals surface area contributed by atoms with E-state index in [4.69, 9.17) is 4.74 Å². The number of hydrogen-bond acceptors (Lipinski definition) is 4. The van der Waals surface area contributed by atoms with E-state index in [1.165, 1.54) is 11.0 Å². The molecule has 0 spiro atoms. The van der Waals surface area contributed by atoms with Gasteiger partial charge in [-0.2, -0.15) is 0 Å². The summed E-state index contributed by atoms with van der Waals surface area (Å²) < 4.78 is 18.3. The molecule has 0 aromatic heterocycles. The van der Waals surface area contributed by atoms with Crippen LogP contribution in [0.2, 0.25) is 0 Å². The van der Waals surface area contributed by atoms with Gasteiger partial charge in [-0.15, -0.1) is 0 Å². The molecule has 0 aliphatic heterocycles. The van der Waals surface area contributed by atoms with E-state index in [1.807, 2.05) is 0 Å². The Bertz CT molecular complexity index is 494. The second-order valence-corrected chi connectivity index (χ2v) is 4.82. The SMILES string of the molecule is CCOC(=O)CN(C)CC(=O)N(C)Cc1ccccc1F. The van der Waals surface area contributed by atoms with E-state index >= 15 is 0 Å². The summed E-state index contributed by atoms with van der Waals surface area (Å²) in [6.45, 7) is 2.36. The Hall–Kier alpha value is -1.95. The Balaban J connectivity index is 2.47. The van der Waals surface area contributed by atoms with Crippen LogP contribution in [0.3, 0.4) is 0 Å². The predicted octanol–water partition coefficient (Wildman–Crippen LogP) is 1.28. The zero-order valence-electron chi connectivity index (χ0n) is 12.6. The molecule has 1 rings (SSSR count). The summed E-state index contributed by atoms with van der Waals surface area (Å²) in [5.41, 5.74) is 0.460. The van der Waals surface area contributed by atoms with Crippen LogP contribution < -0.4 is 0 Å². The third-order valence-electron chi connectivity index (χ3n) is 2.90. The van der Waals surface area contributed by atoms with E-state index in [0.717, 1.165) is 0 Å². The fourth-order valence-electron chi connectivity index (χ4n) is 1.80. The van der Waals surface area contributed by atoms with Crippen molar-refractivity contribution < 1.29 is 18.7 Å². The van der Waals surface area contributed by atoms with Gasteiger partial charge < -0.3 is 9.64 Å². The molecule has 0 saturated heterocycles. The first-order chi connectivity index (χ1) is 9.93. The third kappa shape index (κ3) is 5.91. The van der Waals surface area contributed by atoms with E-state index in [2.05, 4.69) is 0 Å². The van der Waals surface area contributed by atoms with E-state index in [-0.39, 0.29) is 37.3 Å². The topological polar surface area (TPSA) is 49.9 Å². The highest BCUT2D eigenvalue weighted by Crippen LogP contribution is 2.09. The van der Waals surface area contributed by atoms with Crippen molar-refractivity contribution in [2.45, 2.75) is 13.5 Å². The number of carbonyl (C=O) groups is 2. The molecule has 0 aliphatic rings.